The molecule has 8 nitrogen and oxygen atoms in total. The molecular weight excluding hydrogens is 537 g/mol. The first-order chi connectivity index (χ1) is 19.5. The van der Waals surface area contributed by atoms with Crippen LogP contribution in [0, 0.1) is 18.6 Å². The quantitative estimate of drug-likeness (QED) is 0.273. The number of pyridine rings is 1. The average molecular weight is 567 g/mol. The standard InChI is InChI=1S/C30H29F3N4O4/c1-16(14-38)22-13-24(35-27(25(22)32)18-4-6-21(31)7-5-18)30(40,29(33)8-9-29)15-34-28(39)20-11-19-10-17(2)36-37-26(19)23(12-20)41-3/h4-7,10-13,16,38,40H,8-9,14-15H2,1-3H3,(H,34,39). The molecule has 3 N–H and O–H groups in total. The zero-order chi connectivity index (χ0) is 29.5. The van der Waals surface area contributed by atoms with Crippen molar-refractivity contribution in [3.8, 4) is 17.0 Å². The molecule has 1 fully saturated rings. The van der Waals surface area contributed by atoms with E-state index in [1.165, 1.54) is 31.4 Å². The first kappa shape index (κ1) is 28.4. The maximum Gasteiger partial charge on any atom is 0.251 e. The van der Waals surface area contributed by atoms with Crippen LogP contribution < -0.4 is 10.1 Å². The molecule has 214 valence electrons. The third-order valence-electron chi connectivity index (χ3n) is 7.53. The highest BCUT2D eigenvalue weighted by Gasteiger charge is 2.62. The number of fused-ring (bicyclic) bond motifs is 1. The molecule has 1 aliphatic rings. The lowest BCUT2D eigenvalue weighted by molar-refractivity contribution is -0.0566. The number of ether oxygens (including phenoxy) is 1. The first-order valence-corrected chi connectivity index (χ1v) is 13.1. The van der Waals surface area contributed by atoms with Crippen molar-refractivity contribution in [1.29, 1.82) is 0 Å². The minimum Gasteiger partial charge on any atom is -0.494 e. The number of methoxy groups -OCH3 is 1. The van der Waals surface area contributed by atoms with Gasteiger partial charge in [-0.25, -0.2) is 18.2 Å². The summed E-state index contributed by atoms with van der Waals surface area (Å²) in [5.41, 5.74) is -3.44. The summed E-state index contributed by atoms with van der Waals surface area (Å²) in [5, 5.41) is 32.9. The molecule has 0 spiro atoms. The van der Waals surface area contributed by atoms with Gasteiger partial charge in [0.15, 0.2) is 11.4 Å². The predicted octanol–water partition coefficient (Wildman–Crippen LogP) is 4.50. The number of hydrogen-bond donors (Lipinski definition) is 3. The minimum absolute atomic E-state index is 0.00145. The number of benzene rings is 2. The van der Waals surface area contributed by atoms with Crippen LogP contribution in [-0.4, -0.2) is 57.2 Å². The summed E-state index contributed by atoms with van der Waals surface area (Å²) in [6.45, 7) is 2.32. The Hall–Kier alpha value is -4.09. The molecule has 1 saturated carbocycles. The molecule has 2 unspecified atom stereocenters. The average Bonchev–Trinajstić information content (AvgIpc) is 3.73. The van der Waals surface area contributed by atoms with Gasteiger partial charge in [0.05, 0.1) is 25.0 Å². The second-order valence-corrected chi connectivity index (χ2v) is 10.5. The van der Waals surface area contributed by atoms with Crippen LogP contribution in [0.1, 0.15) is 53.0 Å². The van der Waals surface area contributed by atoms with Crippen molar-refractivity contribution < 1.29 is 32.9 Å². The van der Waals surface area contributed by atoms with Gasteiger partial charge < -0.3 is 20.3 Å². The number of alkyl halides is 1. The fraction of sp³-hybridized carbons (Fsp3) is 0.333. The van der Waals surface area contributed by atoms with Crippen LogP contribution in [0.4, 0.5) is 13.2 Å². The lowest BCUT2D eigenvalue weighted by atomic mass is 9.87. The van der Waals surface area contributed by atoms with Crippen LogP contribution in [0.3, 0.4) is 0 Å². The van der Waals surface area contributed by atoms with Gasteiger partial charge in [0, 0.05) is 29.0 Å². The normalized spacial score (nSPS) is 16.2. The second-order valence-electron chi connectivity index (χ2n) is 10.5. The lowest BCUT2D eigenvalue weighted by Gasteiger charge is -2.32. The summed E-state index contributed by atoms with van der Waals surface area (Å²) in [7, 11) is 1.43. The Morgan fingerprint density at radius 2 is 1.85 bits per heavy atom. The third kappa shape index (κ3) is 5.22. The van der Waals surface area contributed by atoms with E-state index < -0.39 is 47.9 Å². The molecule has 1 aliphatic carbocycles. The molecule has 41 heavy (non-hydrogen) atoms. The molecule has 0 radical (unpaired) electrons. The van der Waals surface area contributed by atoms with Crippen molar-refractivity contribution in [2.24, 2.45) is 0 Å². The molecule has 4 aromatic rings. The summed E-state index contributed by atoms with van der Waals surface area (Å²) in [6, 6.07) is 10.9. The van der Waals surface area contributed by atoms with Crippen molar-refractivity contribution >= 4 is 16.8 Å². The highest BCUT2D eigenvalue weighted by atomic mass is 19.1. The molecule has 2 atom stereocenters. The Morgan fingerprint density at radius 1 is 1.15 bits per heavy atom. The number of carbonyl (C=O) groups excluding carboxylic acids is 1. The summed E-state index contributed by atoms with van der Waals surface area (Å²) in [4.78, 5) is 17.6. The molecule has 0 saturated heterocycles. The second kappa shape index (κ2) is 10.7. The first-order valence-electron chi connectivity index (χ1n) is 13.1. The zero-order valence-electron chi connectivity index (χ0n) is 22.7. The summed E-state index contributed by atoms with van der Waals surface area (Å²) < 4.78 is 50.4. The summed E-state index contributed by atoms with van der Waals surface area (Å²) in [6.07, 6.45) is -0.00607. The van der Waals surface area contributed by atoms with Crippen molar-refractivity contribution in [1.82, 2.24) is 20.5 Å². The van der Waals surface area contributed by atoms with Crippen LogP contribution in [0.5, 0.6) is 5.75 Å². The summed E-state index contributed by atoms with van der Waals surface area (Å²) >= 11 is 0. The van der Waals surface area contributed by atoms with Crippen molar-refractivity contribution in [3.63, 3.8) is 0 Å². The van der Waals surface area contributed by atoms with E-state index in [2.05, 4.69) is 20.5 Å². The number of carbonyl (C=O) groups is 1. The maximum absolute atomic E-state index is 15.9. The maximum atomic E-state index is 15.9. The Morgan fingerprint density at radius 3 is 2.49 bits per heavy atom. The van der Waals surface area contributed by atoms with Gasteiger partial charge in [0.25, 0.3) is 5.91 Å². The molecule has 11 heteroatoms. The summed E-state index contributed by atoms with van der Waals surface area (Å²) in [5.74, 6) is -2.35. The number of nitrogens with zero attached hydrogens (tertiary/aromatic N) is 3. The van der Waals surface area contributed by atoms with Crippen LogP contribution in [0.25, 0.3) is 22.2 Å². The minimum atomic E-state index is -2.34. The smallest absolute Gasteiger partial charge is 0.251 e. The third-order valence-corrected chi connectivity index (χ3v) is 7.53. The van der Waals surface area contributed by atoms with Gasteiger partial charge >= 0.3 is 0 Å². The SMILES string of the molecule is COc1cc(C(=O)NCC(O)(c2cc(C(C)CO)c(F)c(-c3ccc(F)cc3)n2)C2(F)CC2)cc2cc(C)nnc12. The highest BCUT2D eigenvalue weighted by molar-refractivity contribution is 5.99. The van der Waals surface area contributed by atoms with E-state index in [9.17, 15) is 19.4 Å². The van der Waals surface area contributed by atoms with Gasteiger partial charge in [0.2, 0.25) is 0 Å². The zero-order valence-corrected chi connectivity index (χ0v) is 22.7. The molecule has 2 aromatic heterocycles. The van der Waals surface area contributed by atoms with Crippen molar-refractivity contribution in [2.75, 3.05) is 20.3 Å². The van der Waals surface area contributed by atoms with Gasteiger partial charge in [-0.3, -0.25) is 4.79 Å². The largest absolute Gasteiger partial charge is 0.494 e. The number of aromatic nitrogens is 3. The van der Waals surface area contributed by atoms with E-state index in [-0.39, 0.29) is 40.9 Å². The molecule has 0 bridgehead atoms. The Kier molecular flexibility index (Phi) is 7.43. The Bertz CT molecular complexity index is 1630. The number of rotatable bonds is 9. The number of nitrogens with one attached hydrogen (secondary N) is 1. The number of halogens is 3. The van der Waals surface area contributed by atoms with E-state index in [0.717, 1.165) is 12.1 Å². The van der Waals surface area contributed by atoms with E-state index in [0.29, 0.717) is 22.3 Å². The molecule has 5 rings (SSSR count). The number of amides is 1. The van der Waals surface area contributed by atoms with Crippen LogP contribution in [0.2, 0.25) is 0 Å². The molecule has 1 amide bonds. The highest BCUT2D eigenvalue weighted by Crippen LogP contribution is 2.53. The van der Waals surface area contributed by atoms with Crippen LogP contribution >= 0.6 is 0 Å². The van der Waals surface area contributed by atoms with Gasteiger partial charge in [0.1, 0.15) is 28.4 Å². The van der Waals surface area contributed by atoms with Gasteiger partial charge in [-0.1, -0.05) is 6.92 Å². The monoisotopic (exact) mass is 566 g/mol. The Labute approximate surface area is 234 Å². The topological polar surface area (TPSA) is 117 Å². The van der Waals surface area contributed by atoms with E-state index in [1.807, 2.05) is 0 Å². The van der Waals surface area contributed by atoms with E-state index in [1.54, 1.807) is 26.0 Å². The molecule has 0 aliphatic heterocycles. The Balaban J connectivity index is 1.54. The molecule has 2 heterocycles. The molecular formula is C30H29F3N4O4. The number of aliphatic hydroxyl groups is 2. The fourth-order valence-electron chi connectivity index (χ4n) is 4.85. The number of aryl methyl sites for hydroxylation is 1. The molecule has 2 aromatic carbocycles. The van der Waals surface area contributed by atoms with E-state index in [4.69, 9.17) is 4.74 Å². The predicted molar refractivity (Wildman–Crippen MR) is 145 cm³/mol. The van der Waals surface area contributed by atoms with Gasteiger partial charge in [-0.05, 0) is 73.9 Å². The number of hydrogen-bond acceptors (Lipinski definition) is 7. The van der Waals surface area contributed by atoms with E-state index >= 15 is 8.78 Å². The van der Waals surface area contributed by atoms with Crippen molar-refractivity contribution in [2.45, 2.75) is 43.9 Å². The fourth-order valence-corrected chi connectivity index (χ4v) is 4.85. The van der Waals surface area contributed by atoms with Crippen LogP contribution in [0.15, 0.2) is 48.5 Å². The lowest BCUT2D eigenvalue weighted by Crippen LogP contribution is -2.49. The van der Waals surface area contributed by atoms with Gasteiger partial charge in [-0.2, -0.15) is 5.10 Å². The van der Waals surface area contributed by atoms with Gasteiger partial charge in [-0.15, -0.1) is 5.10 Å². The van der Waals surface area contributed by atoms with Crippen LogP contribution in [-0.2, 0) is 5.60 Å². The van der Waals surface area contributed by atoms with Crippen molar-refractivity contribution in [3.05, 3.63) is 82.7 Å². The number of aliphatic hydroxyl groups excluding tert-OH is 1.